The molecule has 11 heavy (non-hydrogen) atoms. The fourth-order valence-corrected chi connectivity index (χ4v) is 0.440. The normalized spacial score (nSPS) is 12.9. The zero-order chi connectivity index (χ0) is 7.98. The van der Waals surface area contributed by atoms with Gasteiger partial charge in [0.15, 0.2) is 11.6 Å². The van der Waals surface area contributed by atoms with Crippen LogP contribution in [0.2, 0.25) is 0 Å². The molecule has 0 unspecified atom stereocenters. The first kappa shape index (κ1) is 12.5. The van der Waals surface area contributed by atoms with Gasteiger partial charge >= 0.3 is 0 Å². The van der Waals surface area contributed by atoms with Crippen LogP contribution in [0.5, 0.6) is 0 Å². The maximum absolute atomic E-state index is 10.3. The minimum Gasteiger partial charge on any atom is -0.290 e. The molecule has 1 rings (SSSR count). The standard InChI is InChI=1S/C6H4O2.CHN.Fe/c7-5-1-2-6(8)4-3-5;1-2;/h1-4H;1H;. The van der Waals surface area contributed by atoms with E-state index in [9.17, 15) is 9.59 Å². The van der Waals surface area contributed by atoms with Crippen molar-refractivity contribution in [2.24, 2.45) is 0 Å². The predicted molar refractivity (Wildman–Crippen MR) is 35.0 cm³/mol. The molecule has 0 saturated carbocycles. The van der Waals surface area contributed by atoms with Gasteiger partial charge in [-0.3, -0.25) is 9.59 Å². The van der Waals surface area contributed by atoms with Gasteiger partial charge in [-0.15, -0.1) is 0 Å². The summed E-state index contributed by atoms with van der Waals surface area (Å²) < 4.78 is 0. The molecule has 0 bridgehead atoms. The van der Waals surface area contributed by atoms with Gasteiger partial charge in [0.1, 0.15) is 0 Å². The molecular formula is C7H5FeNO2. The monoisotopic (exact) mass is 191 g/mol. The molecule has 0 N–H and O–H groups in total. The number of hydrogen-bond acceptors (Lipinski definition) is 3. The molecule has 0 atom stereocenters. The van der Waals surface area contributed by atoms with E-state index < -0.39 is 0 Å². The number of allylic oxidation sites excluding steroid dienone is 4. The first-order valence-corrected chi connectivity index (χ1v) is 2.49. The van der Waals surface area contributed by atoms with Crippen molar-refractivity contribution in [3.8, 4) is 6.57 Å². The molecule has 58 valence electrons. The summed E-state index contributed by atoms with van der Waals surface area (Å²) in [5.41, 5.74) is 0. The summed E-state index contributed by atoms with van der Waals surface area (Å²) in [6, 6.07) is 0. The zero-order valence-corrected chi connectivity index (χ0v) is 6.61. The van der Waals surface area contributed by atoms with Crippen molar-refractivity contribution in [2.45, 2.75) is 0 Å². The zero-order valence-electron chi connectivity index (χ0n) is 5.50. The molecule has 0 heterocycles. The van der Waals surface area contributed by atoms with E-state index in [0.29, 0.717) is 0 Å². The quantitative estimate of drug-likeness (QED) is 0.411. The van der Waals surface area contributed by atoms with Crippen molar-refractivity contribution in [1.82, 2.24) is 0 Å². The summed E-state index contributed by atoms with van der Waals surface area (Å²) in [7, 11) is 0. The van der Waals surface area contributed by atoms with Crippen LogP contribution in [-0.4, -0.2) is 11.6 Å². The molecular weight excluding hydrogens is 186 g/mol. The van der Waals surface area contributed by atoms with Crippen LogP contribution < -0.4 is 0 Å². The van der Waals surface area contributed by atoms with Crippen molar-refractivity contribution >= 4 is 11.6 Å². The Kier molecular flexibility index (Phi) is 7.89. The summed E-state index contributed by atoms with van der Waals surface area (Å²) in [6.45, 7) is 3.50. The Bertz CT molecular complexity index is 190. The summed E-state index contributed by atoms with van der Waals surface area (Å²) in [4.78, 5) is 20.6. The average Bonchev–Trinajstić information content (AvgIpc) is 2.00. The summed E-state index contributed by atoms with van der Waals surface area (Å²) in [6.07, 6.45) is 5.01. The van der Waals surface area contributed by atoms with Crippen LogP contribution in [0.15, 0.2) is 24.3 Å². The molecule has 0 aromatic heterocycles. The topological polar surface area (TPSA) is 57.9 Å². The van der Waals surface area contributed by atoms with E-state index in [1.54, 1.807) is 0 Å². The molecule has 1 aliphatic carbocycles. The molecule has 0 fully saturated rings. The van der Waals surface area contributed by atoms with Gasteiger partial charge in [0, 0.05) is 23.6 Å². The number of nitrogens with zero attached hydrogens (tertiary/aromatic N) is 1. The third-order valence-electron chi connectivity index (χ3n) is 0.824. The van der Waals surface area contributed by atoms with E-state index in [4.69, 9.17) is 5.26 Å². The van der Waals surface area contributed by atoms with Crippen LogP contribution >= 0.6 is 0 Å². The maximum atomic E-state index is 10.3. The molecule has 0 spiro atoms. The van der Waals surface area contributed by atoms with Crippen LogP contribution in [0.3, 0.4) is 0 Å². The third kappa shape index (κ3) is 5.28. The van der Waals surface area contributed by atoms with Crippen molar-refractivity contribution in [1.29, 1.82) is 5.26 Å². The van der Waals surface area contributed by atoms with Crippen molar-refractivity contribution in [2.75, 3.05) is 0 Å². The molecule has 0 amide bonds. The number of rotatable bonds is 0. The molecule has 0 saturated heterocycles. The molecule has 0 radical (unpaired) electrons. The van der Waals surface area contributed by atoms with Crippen LogP contribution in [-0.2, 0) is 26.7 Å². The molecule has 0 aromatic rings. The minimum atomic E-state index is -0.121. The van der Waals surface area contributed by atoms with Gasteiger partial charge in [-0.2, -0.15) is 0 Å². The first-order valence-electron chi connectivity index (χ1n) is 2.49. The van der Waals surface area contributed by atoms with Gasteiger partial charge in [0.05, 0.1) is 0 Å². The Hall–Kier alpha value is -1.17. The summed E-state index contributed by atoms with van der Waals surface area (Å²) in [5, 5.41) is 6.50. The molecule has 1 aliphatic rings. The largest absolute Gasteiger partial charge is 0.290 e. The van der Waals surface area contributed by atoms with Crippen LogP contribution in [0.25, 0.3) is 0 Å². The van der Waals surface area contributed by atoms with Crippen molar-refractivity contribution in [3.05, 3.63) is 24.3 Å². The van der Waals surface area contributed by atoms with E-state index in [2.05, 4.69) is 6.57 Å². The Morgan fingerprint density at radius 1 is 0.909 bits per heavy atom. The second kappa shape index (κ2) is 6.94. The van der Waals surface area contributed by atoms with Gasteiger partial charge in [-0.25, -0.2) is 5.26 Å². The van der Waals surface area contributed by atoms with Gasteiger partial charge < -0.3 is 0 Å². The van der Waals surface area contributed by atoms with E-state index in [1.807, 2.05) is 0 Å². The molecule has 0 aliphatic heterocycles. The van der Waals surface area contributed by atoms with Gasteiger partial charge in [0.2, 0.25) is 0 Å². The maximum Gasteiger partial charge on any atom is 0.178 e. The van der Waals surface area contributed by atoms with Crippen LogP contribution in [0.4, 0.5) is 0 Å². The smallest absolute Gasteiger partial charge is 0.178 e. The minimum absolute atomic E-state index is 0. The van der Waals surface area contributed by atoms with E-state index in [1.165, 1.54) is 24.3 Å². The van der Waals surface area contributed by atoms with Crippen LogP contribution in [0, 0.1) is 11.8 Å². The Morgan fingerprint density at radius 2 is 1.09 bits per heavy atom. The molecule has 0 aromatic carbocycles. The third-order valence-corrected chi connectivity index (χ3v) is 0.824. The van der Waals surface area contributed by atoms with Gasteiger partial charge in [0.25, 0.3) is 0 Å². The second-order valence-electron chi connectivity index (χ2n) is 1.47. The summed E-state index contributed by atoms with van der Waals surface area (Å²) in [5.74, 6) is -0.241. The van der Waals surface area contributed by atoms with Gasteiger partial charge in [-0.1, -0.05) is 0 Å². The van der Waals surface area contributed by atoms with E-state index in [0.717, 1.165) is 0 Å². The second-order valence-corrected chi connectivity index (χ2v) is 1.47. The van der Waals surface area contributed by atoms with Crippen molar-refractivity contribution in [3.63, 3.8) is 0 Å². The number of ketones is 2. The summed E-state index contributed by atoms with van der Waals surface area (Å²) >= 11 is 0. The fourth-order valence-electron chi connectivity index (χ4n) is 0.440. The average molecular weight is 191 g/mol. The van der Waals surface area contributed by atoms with Crippen molar-refractivity contribution < 1.29 is 26.7 Å². The van der Waals surface area contributed by atoms with E-state index >= 15 is 0 Å². The first-order chi connectivity index (χ1) is 4.79. The molecule has 3 nitrogen and oxygen atoms in total. The van der Waals surface area contributed by atoms with Gasteiger partial charge in [-0.05, 0) is 24.3 Å². The van der Waals surface area contributed by atoms with E-state index in [-0.39, 0.29) is 28.6 Å². The number of carbonyl (C=O) groups excluding carboxylic acids is 2. The Balaban J connectivity index is 0. The predicted octanol–water partition coefficient (Wildman–Crippen LogP) is 0.388. The number of hydrogen-bond donors (Lipinski definition) is 0. The number of nitriles is 1. The number of carbonyl (C=O) groups is 2. The SMILES string of the molecule is C#N.O=C1C=CC(=O)C=C1.[Fe]. The fraction of sp³-hybridized carbons (Fsp3) is 0. The Labute approximate surface area is 74.9 Å². The van der Waals surface area contributed by atoms with Crippen LogP contribution in [0.1, 0.15) is 0 Å². The Morgan fingerprint density at radius 3 is 1.27 bits per heavy atom. The molecule has 4 heteroatoms.